The third-order valence-corrected chi connectivity index (χ3v) is 3.49. The van der Waals surface area contributed by atoms with Crippen molar-refractivity contribution in [3.8, 4) is 0 Å². The summed E-state index contributed by atoms with van der Waals surface area (Å²) in [6, 6.07) is 6.80. The minimum atomic E-state index is -0.360. The summed E-state index contributed by atoms with van der Waals surface area (Å²) in [4.78, 5) is 12.6. The number of piperidine rings is 1. The van der Waals surface area contributed by atoms with Crippen molar-refractivity contribution in [2.45, 2.75) is 19.4 Å². The van der Waals surface area contributed by atoms with Crippen molar-refractivity contribution in [1.29, 1.82) is 0 Å². The maximum Gasteiger partial charge on any atom is 0.269 e. The summed E-state index contributed by atoms with van der Waals surface area (Å²) >= 11 is 0. The van der Waals surface area contributed by atoms with Gasteiger partial charge in [0, 0.05) is 25.3 Å². The largest absolute Gasteiger partial charge is 0.396 e. The van der Waals surface area contributed by atoms with E-state index >= 15 is 0 Å². The van der Waals surface area contributed by atoms with E-state index < -0.39 is 0 Å². The first-order chi connectivity index (χ1) is 8.69. The number of nitro benzene ring substituents is 1. The predicted molar refractivity (Wildman–Crippen MR) is 68.2 cm³/mol. The second kappa shape index (κ2) is 5.93. The highest BCUT2D eigenvalue weighted by Gasteiger charge is 2.18. The Morgan fingerprint density at radius 3 is 2.72 bits per heavy atom. The zero-order valence-electron chi connectivity index (χ0n) is 10.3. The van der Waals surface area contributed by atoms with Crippen LogP contribution in [0.2, 0.25) is 0 Å². The minimum absolute atomic E-state index is 0.151. The lowest BCUT2D eigenvalue weighted by atomic mass is 9.97. The molecule has 1 aromatic carbocycles. The van der Waals surface area contributed by atoms with Gasteiger partial charge < -0.3 is 5.11 Å². The van der Waals surface area contributed by atoms with E-state index in [2.05, 4.69) is 4.90 Å². The zero-order chi connectivity index (χ0) is 13.0. The number of likely N-dealkylation sites (tertiary alicyclic amines) is 1. The van der Waals surface area contributed by atoms with Crippen LogP contribution >= 0.6 is 0 Å². The van der Waals surface area contributed by atoms with Crippen LogP contribution in [0.4, 0.5) is 5.69 Å². The molecule has 0 atom stereocenters. The van der Waals surface area contributed by atoms with Crippen molar-refractivity contribution < 1.29 is 10.0 Å². The van der Waals surface area contributed by atoms with Crippen LogP contribution in [0, 0.1) is 16.0 Å². The molecule has 98 valence electrons. The summed E-state index contributed by atoms with van der Waals surface area (Å²) in [6.07, 6.45) is 2.01. The Morgan fingerprint density at radius 1 is 1.39 bits per heavy atom. The molecule has 1 aliphatic rings. The molecule has 1 heterocycles. The molecule has 0 bridgehead atoms. The first-order valence-corrected chi connectivity index (χ1v) is 6.25. The smallest absolute Gasteiger partial charge is 0.269 e. The van der Waals surface area contributed by atoms with Gasteiger partial charge in [-0.2, -0.15) is 0 Å². The minimum Gasteiger partial charge on any atom is -0.396 e. The Bertz CT molecular complexity index is 414. The van der Waals surface area contributed by atoms with Gasteiger partial charge in [-0.3, -0.25) is 15.0 Å². The SMILES string of the molecule is O=[N+]([O-])c1cccc(CN2CCC(CO)CC2)c1. The molecule has 0 aliphatic carbocycles. The van der Waals surface area contributed by atoms with Crippen LogP contribution in [0.5, 0.6) is 0 Å². The molecule has 18 heavy (non-hydrogen) atoms. The number of rotatable bonds is 4. The third-order valence-electron chi connectivity index (χ3n) is 3.49. The number of non-ortho nitro benzene ring substituents is 1. The first kappa shape index (κ1) is 13.0. The lowest BCUT2D eigenvalue weighted by molar-refractivity contribution is -0.384. The first-order valence-electron chi connectivity index (χ1n) is 6.25. The van der Waals surface area contributed by atoms with E-state index in [1.807, 2.05) is 6.07 Å². The topological polar surface area (TPSA) is 66.6 Å². The van der Waals surface area contributed by atoms with Crippen LogP contribution in [0.1, 0.15) is 18.4 Å². The summed E-state index contributed by atoms with van der Waals surface area (Å²) in [7, 11) is 0. The van der Waals surface area contributed by atoms with Gasteiger partial charge >= 0.3 is 0 Å². The quantitative estimate of drug-likeness (QED) is 0.653. The van der Waals surface area contributed by atoms with Crippen LogP contribution in [0.3, 0.4) is 0 Å². The molecule has 1 aromatic rings. The van der Waals surface area contributed by atoms with E-state index in [4.69, 9.17) is 5.11 Å². The Morgan fingerprint density at radius 2 is 2.11 bits per heavy atom. The van der Waals surface area contributed by atoms with E-state index in [9.17, 15) is 10.1 Å². The van der Waals surface area contributed by atoms with Crippen molar-refractivity contribution in [3.05, 3.63) is 39.9 Å². The number of benzene rings is 1. The van der Waals surface area contributed by atoms with Gasteiger partial charge in [-0.25, -0.2) is 0 Å². The van der Waals surface area contributed by atoms with E-state index in [0.29, 0.717) is 5.92 Å². The van der Waals surface area contributed by atoms with Crippen molar-refractivity contribution >= 4 is 5.69 Å². The standard InChI is InChI=1S/C13H18N2O3/c16-10-11-4-6-14(7-5-11)9-12-2-1-3-13(8-12)15(17)18/h1-3,8,11,16H,4-7,9-10H2. The summed E-state index contributed by atoms with van der Waals surface area (Å²) < 4.78 is 0. The molecule has 0 spiro atoms. The van der Waals surface area contributed by atoms with E-state index in [-0.39, 0.29) is 17.2 Å². The van der Waals surface area contributed by atoms with Crippen molar-refractivity contribution in [3.63, 3.8) is 0 Å². The molecule has 0 amide bonds. The molecule has 5 nitrogen and oxygen atoms in total. The third kappa shape index (κ3) is 3.27. The average molecular weight is 250 g/mol. The fraction of sp³-hybridized carbons (Fsp3) is 0.538. The van der Waals surface area contributed by atoms with Crippen molar-refractivity contribution in [2.24, 2.45) is 5.92 Å². The average Bonchev–Trinajstić information content (AvgIpc) is 2.40. The monoisotopic (exact) mass is 250 g/mol. The molecule has 2 rings (SSSR count). The van der Waals surface area contributed by atoms with Gasteiger partial charge in [0.05, 0.1) is 4.92 Å². The lowest BCUT2D eigenvalue weighted by Gasteiger charge is -2.30. The highest BCUT2D eigenvalue weighted by molar-refractivity contribution is 5.34. The summed E-state index contributed by atoms with van der Waals surface area (Å²) in [6.45, 7) is 2.92. The predicted octanol–water partition coefficient (Wildman–Crippen LogP) is 1.80. The molecular weight excluding hydrogens is 232 g/mol. The fourth-order valence-electron chi connectivity index (χ4n) is 2.35. The van der Waals surface area contributed by atoms with E-state index in [0.717, 1.165) is 38.0 Å². The number of nitro groups is 1. The molecule has 1 saturated heterocycles. The van der Waals surface area contributed by atoms with Crippen LogP contribution in [0.25, 0.3) is 0 Å². The van der Waals surface area contributed by atoms with Crippen LogP contribution in [-0.4, -0.2) is 34.6 Å². The van der Waals surface area contributed by atoms with Gasteiger partial charge in [0.25, 0.3) is 5.69 Å². The van der Waals surface area contributed by atoms with Gasteiger partial charge in [0.1, 0.15) is 0 Å². The fourth-order valence-corrected chi connectivity index (χ4v) is 2.35. The number of hydrogen-bond acceptors (Lipinski definition) is 4. The number of aliphatic hydroxyl groups excluding tert-OH is 1. The zero-order valence-corrected chi connectivity index (χ0v) is 10.3. The van der Waals surface area contributed by atoms with Crippen LogP contribution in [0.15, 0.2) is 24.3 Å². The molecular formula is C13H18N2O3. The maximum absolute atomic E-state index is 10.7. The Balaban J connectivity index is 1.94. The second-order valence-corrected chi connectivity index (χ2v) is 4.83. The van der Waals surface area contributed by atoms with Crippen LogP contribution < -0.4 is 0 Å². The summed E-state index contributed by atoms with van der Waals surface area (Å²) in [5.41, 5.74) is 1.13. The molecule has 0 radical (unpaired) electrons. The van der Waals surface area contributed by atoms with Gasteiger partial charge in [-0.15, -0.1) is 0 Å². The lowest BCUT2D eigenvalue weighted by Crippen LogP contribution is -2.34. The normalized spacial score (nSPS) is 17.8. The highest BCUT2D eigenvalue weighted by atomic mass is 16.6. The molecule has 1 fully saturated rings. The summed E-state index contributed by atoms with van der Waals surface area (Å²) in [5, 5.41) is 19.8. The highest BCUT2D eigenvalue weighted by Crippen LogP contribution is 2.20. The van der Waals surface area contributed by atoms with Crippen molar-refractivity contribution in [2.75, 3.05) is 19.7 Å². The van der Waals surface area contributed by atoms with Crippen LogP contribution in [-0.2, 0) is 6.54 Å². The number of hydrogen-bond donors (Lipinski definition) is 1. The maximum atomic E-state index is 10.7. The molecule has 5 heteroatoms. The van der Waals surface area contributed by atoms with Gasteiger partial charge in [0.2, 0.25) is 0 Å². The van der Waals surface area contributed by atoms with Gasteiger partial charge in [0.15, 0.2) is 0 Å². The second-order valence-electron chi connectivity index (χ2n) is 4.83. The number of nitrogens with zero attached hydrogens (tertiary/aromatic N) is 2. The Hall–Kier alpha value is -1.46. The Labute approximate surface area is 106 Å². The van der Waals surface area contributed by atoms with E-state index in [1.54, 1.807) is 12.1 Å². The Kier molecular flexibility index (Phi) is 4.28. The van der Waals surface area contributed by atoms with Crippen molar-refractivity contribution in [1.82, 2.24) is 4.90 Å². The molecule has 0 aromatic heterocycles. The molecule has 0 unspecified atom stereocenters. The molecule has 0 saturated carbocycles. The molecule has 1 aliphatic heterocycles. The summed E-state index contributed by atoms with van der Waals surface area (Å²) in [5.74, 6) is 0.423. The molecule has 1 N–H and O–H groups in total. The van der Waals surface area contributed by atoms with Gasteiger partial charge in [-0.05, 0) is 37.4 Å². The number of aliphatic hydroxyl groups is 1. The van der Waals surface area contributed by atoms with Gasteiger partial charge in [-0.1, -0.05) is 12.1 Å². The van der Waals surface area contributed by atoms with E-state index in [1.165, 1.54) is 6.07 Å².